The SMILES string of the molecule is CC(C)CN(CCN(C)C)C(=O)NCc1cn2cc(Cl)ccc2n1. The molecule has 1 N–H and O–H groups in total. The number of nitrogens with one attached hydrogen (secondary N) is 1. The first kappa shape index (κ1) is 18.5. The summed E-state index contributed by atoms with van der Waals surface area (Å²) in [6, 6.07) is 3.61. The number of urea groups is 1. The van der Waals surface area contributed by atoms with Gasteiger partial charge < -0.3 is 19.5 Å². The molecule has 0 aliphatic rings. The Morgan fingerprint density at radius 1 is 1.29 bits per heavy atom. The Hall–Kier alpha value is -1.79. The van der Waals surface area contributed by atoms with Gasteiger partial charge in [0.15, 0.2) is 0 Å². The number of carbonyl (C=O) groups excluding carboxylic acids is 1. The van der Waals surface area contributed by atoms with Gasteiger partial charge >= 0.3 is 6.03 Å². The van der Waals surface area contributed by atoms with Crippen molar-refractivity contribution >= 4 is 23.3 Å². The lowest BCUT2D eigenvalue weighted by molar-refractivity contribution is 0.184. The minimum Gasteiger partial charge on any atom is -0.332 e. The first-order chi connectivity index (χ1) is 11.3. The fourth-order valence-corrected chi connectivity index (χ4v) is 2.59. The number of hydrogen-bond donors (Lipinski definition) is 1. The van der Waals surface area contributed by atoms with Crippen LogP contribution >= 0.6 is 11.6 Å². The van der Waals surface area contributed by atoms with Crippen molar-refractivity contribution in [3.63, 3.8) is 0 Å². The number of likely N-dealkylation sites (N-methyl/N-ethyl adjacent to an activating group) is 1. The lowest BCUT2D eigenvalue weighted by atomic mass is 10.2. The van der Waals surface area contributed by atoms with E-state index in [-0.39, 0.29) is 6.03 Å². The summed E-state index contributed by atoms with van der Waals surface area (Å²) in [6.45, 7) is 6.91. The van der Waals surface area contributed by atoms with E-state index in [0.717, 1.165) is 24.4 Å². The van der Waals surface area contributed by atoms with E-state index in [2.05, 4.69) is 29.0 Å². The molecule has 2 aromatic heterocycles. The van der Waals surface area contributed by atoms with Crippen LogP contribution in [-0.4, -0.2) is 58.9 Å². The second kappa shape index (κ2) is 8.35. The third-order valence-electron chi connectivity index (χ3n) is 3.58. The predicted molar refractivity (Wildman–Crippen MR) is 97.4 cm³/mol. The van der Waals surface area contributed by atoms with Gasteiger partial charge in [-0.25, -0.2) is 9.78 Å². The molecule has 2 aromatic rings. The maximum atomic E-state index is 12.5. The van der Waals surface area contributed by atoms with Gasteiger partial charge in [0, 0.05) is 32.0 Å². The lowest BCUT2D eigenvalue weighted by Gasteiger charge is -2.26. The van der Waals surface area contributed by atoms with Crippen molar-refractivity contribution in [1.29, 1.82) is 0 Å². The normalized spacial score (nSPS) is 11.5. The summed E-state index contributed by atoms with van der Waals surface area (Å²) in [5.41, 5.74) is 1.62. The van der Waals surface area contributed by atoms with Crippen molar-refractivity contribution in [1.82, 2.24) is 24.5 Å². The van der Waals surface area contributed by atoms with Crippen molar-refractivity contribution in [3.05, 3.63) is 35.2 Å². The number of halogens is 1. The average Bonchev–Trinajstić information content (AvgIpc) is 2.90. The fraction of sp³-hybridized carbons (Fsp3) is 0.529. The van der Waals surface area contributed by atoms with E-state index in [0.29, 0.717) is 24.0 Å². The molecule has 0 saturated carbocycles. The molecular formula is C17H26ClN5O. The second-order valence-electron chi connectivity index (χ2n) is 6.65. The molecule has 0 saturated heterocycles. The zero-order chi connectivity index (χ0) is 17.7. The van der Waals surface area contributed by atoms with E-state index < -0.39 is 0 Å². The summed E-state index contributed by atoms with van der Waals surface area (Å²) < 4.78 is 1.86. The number of carbonyl (C=O) groups is 1. The molecular weight excluding hydrogens is 326 g/mol. The monoisotopic (exact) mass is 351 g/mol. The molecule has 0 fully saturated rings. The molecule has 0 aliphatic heterocycles. The Labute approximate surface area is 148 Å². The molecule has 2 rings (SSSR count). The highest BCUT2D eigenvalue weighted by molar-refractivity contribution is 6.30. The van der Waals surface area contributed by atoms with E-state index in [1.807, 2.05) is 35.7 Å². The molecule has 0 unspecified atom stereocenters. The highest BCUT2D eigenvalue weighted by Crippen LogP contribution is 2.11. The van der Waals surface area contributed by atoms with Crippen molar-refractivity contribution in [3.8, 4) is 0 Å². The zero-order valence-corrected chi connectivity index (χ0v) is 15.5. The minimum absolute atomic E-state index is 0.0550. The molecule has 24 heavy (non-hydrogen) atoms. The van der Waals surface area contributed by atoms with Crippen LogP contribution in [-0.2, 0) is 6.54 Å². The topological polar surface area (TPSA) is 52.9 Å². The maximum absolute atomic E-state index is 12.5. The molecule has 0 bridgehead atoms. The van der Waals surface area contributed by atoms with Gasteiger partial charge in [-0.3, -0.25) is 0 Å². The molecule has 2 heterocycles. The molecule has 132 valence electrons. The number of aromatic nitrogens is 2. The van der Waals surface area contributed by atoms with Gasteiger partial charge in [0.05, 0.1) is 17.3 Å². The van der Waals surface area contributed by atoms with Crippen LogP contribution in [0.15, 0.2) is 24.5 Å². The van der Waals surface area contributed by atoms with Crippen LogP contribution in [0.25, 0.3) is 5.65 Å². The highest BCUT2D eigenvalue weighted by Gasteiger charge is 2.15. The summed E-state index contributed by atoms with van der Waals surface area (Å²) in [4.78, 5) is 20.9. The first-order valence-corrected chi connectivity index (χ1v) is 8.53. The molecule has 0 spiro atoms. The Morgan fingerprint density at radius 3 is 2.71 bits per heavy atom. The van der Waals surface area contributed by atoms with E-state index in [4.69, 9.17) is 11.6 Å². The summed E-state index contributed by atoms with van der Waals surface area (Å²) in [7, 11) is 4.01. The van der Waals surface area contributed by atoms with Gasteiger partial charge in [-0.1, -0.05) is 25.4 Å². The first-order valence-electron chi connectivity index (χ1n) is 8.16. The summed E-state index contributed by atoms with van der Waals surface area (Å²) >= 11 is 5.98. The van der Waals surface area contributed by atoms with E-state index in [1.165, 1.54) is 0 Å². The smallest absolute Gasteiger partial charge is 0.317 e. The van der Waals surface area contributed by atoms with Crippen LogP contribution in [0.3, 0.4) is 0 Å². The van der Waals surface area contributed by atoms with Crippen LogP contribution in [0.5, 0.6) is 0 Å². The van der Waals surface area contributed by atoms with Gasteiger partial charge in [-0.05, 0) is 32.1 Å². The van der Waals surface area contributed by atoms with Crippen LogP contribution < -0.4 is 5.32 Å². The van der Waals surface area contributed by atoms with Gasteiger partial charge in [-0.15, -0.1) is 0 Å². The number of imidazole rings is 1. The molecule has 0 atom stereocenters. The van der Waals surface area contributed by atoms with Gasteiger partial charge in [0.25, 0.3) is 0 Å². The van der Waals surface area contributed by atoms with Crippen LogP contribution in [0.4, 0.5) is 4.79 Å². The largest absolute Gasteiger partial charge is 0.332 e. The average molecular weight is 352 g/mol. The van der Waals surface area contributed by atoms with Crippen molar-refractivity contribution in [2.45, 2.75) is 20.4 Å². The Morgan fingerprint density at radius 2 is 2.04 bits per heavy atom. The van der Waals surface area contributed by atoms with Gasteiger partial charge in [0.2, 0.25) is 0 Å². The van der Waals surface area contributed by atoms with Gasteiger partial charge in [0.1, 0.15) is 5.65 Å². The number of rotatable bonds is 7. The number of pyridine rings is 1. The van der Waals surface area contributed by atoms with Crippen LogP contribution in [0.1, 0.15) is 19.5 Å². The zero-order valence-electron chi connectivity index (χ0n) is 14.8. The molecule has 7 heteroatoms. The van der Waals surface area contributed by atoms with Crippen molar-refractivity contribution in [2.75, 3.05) is 33.7 Å². The van der Waals surface area contributed by atoms with Crippen molar-refractivity contribution in [2.24, 2.45) is 5.92 Å². The molecule has 0 aliphatic carbocycles. The van der Waals surface area contributed by atoms with Crippen LogP contribution in [0, 0.1) is 5.92 Å². The minimum atomic E-state index is -0.0550. The molecule has 2 amide bonds. The summed E-state index contributed by atoms with van der Waals surface area (Å²) in [5, 5.41) is 3.62. The number of hydrogen-bond acceptors (Lipinski definition) is 3. The lowest BCUT2D eigenvalue weighted by Crippen LogP contribution is -2.44. The predicted octanol–water partition coefficient (Wildman–Crippen LogP) is 2.72. The highest BCUT2D eigenvalue weighted by atomic mass is 35.5. The summed E-state index contributed by atoms with van der Waals surface area (Å²) in [6.07, 6.45) is 3.69. The van der Waals surface area contributed by atoms with Crippen LogP contribution in [0.2, 0.25) is 5.02 Å². The van der Waals surface area contributed by atoms with Gasteiger partial charge in [-0.2, -0.15) is 0 Å². The number of amides is 2. The Bertz CT molecular complexity index is 683. The Balaban J connectivity index is 1.97. The van der Waals surface area contributed by atoms with E-state index in [1.54, 1.807) is 12.3 Å². The second-order valence-corrected chi connectivity index (χ2v) is 7.08. The summed E-state index contributed by atoms with van der Waals surface area (Å²) in [5.74, 6) is 0.426. The molecule has 6 nitrogen and oxygen atoms in total. The third kappa shape index (κ3) is 5.39. The Kier molecular flexibility index (Phi) is 6.45. The number of fused-ring (bicyclic) bond motifs is 1. The molecule has 0 radical (unpaired) electrons. The van der Waals surface area contributed by atoms with Crippen molar-refractivity contribution < 1.29 is 4.79 Å². The third-order valence-corrected chi connectivity index (χ3v) is 3.80. The number of nitrogens with zero attached hydrogens (tertiary/aromatic N) is 4. The standard InChI is InChI=1S/C17H26ClN5O/c1-13(2)10-22(8-7-21(3)4)17(24)19-9-15-12-23-11-14(18)5-6-16(23)20-15/h5-6,11-13H,7-10H2,1-4H3,(H,19,24). The van der Waals surface area contributed by atoms with E-state index in [9.17, 15) is 4.79 Å². The fourth-order valence-electron chi connectivity index (χ4n) is 2.42. The quantitative estimate of drug-likeness (QED) is 0.834. The molecule has 0 aromatic carbocycles. The maximum Gasteiger partial charge on any atom is 0.317 e. The van der Waals surface area contributed by atoms with E-state index >= 15 is 0 Å².